The third-order valence-corrected chi connectivity index (χ3v) is 7.18. The van der Waals surface area contributed by atoms with Gasteiger partial charge in [-0.1, -0.05) is 43.1 Å². The number of hydrogen-bond donors (Lipinski definition) is 0. The molecule has 1 aromatic carbocycles. The number of amides is 1. The topological polar surface area (TPSA) is 38.8 Å². The van der Waals surface area contributed by atoms with E-state index >= 15 is 0 Å². The Kier molecular flexibility index (Phi) is 6.22. The molecule has 3 atom stereocenters. The highest BCUT2D eigenvalue weighted by Gasteiger charge is 2.73. The van der Waals surface area contributed by atoms with Crippen LogP contribution in [0.25, 0.3) is 0 Å². The first kappa shape index (κ1) is 22.7. The van der Waals surface area contributed by atoms with E-state index in [1.54, 1.807) is 7.11 Å². The molecular formula is C23H33Cl2NO3. The van der Waals surface area contributed by atoms with Gasteiger partial charge in [-0.3, -0.25) is 0 Å². The molecule has 162 valence electrons. The van der Waals surface area contributed by atoms with Gasteiger partial charge in [-0.25, -0.2) is 4.79 Å². The Hall–Kier alpha value is -0.970. The van der Waals surface area contributed by atoms with Crippen molar-refractivity contribution >= 4 is 29.3 Å². The summed E-state index contributed by atoms with van der Waals surface area (Å²) in [6, 6.07) is 5.96. The summed E-state index contributed by atoms with van der Waals surface area (Å²) >= 11 is 12.5. The van der Waals surface area contributed by atoms with Gasteiger partial charge >= 0.3 is 6.09 Å². The molecule has 2 aliphatic rings. The molecule has 1 aliphatic carbocycles. The van der Waals surface area contributed by atoms with Crippen molar-refractivity contribution in [2.75, 3.05) is 20.2 Å². The molecule has 1 aromatic rings. The molecule has 1 saturated heterocycles. The Morgan fingerprint density at radius 2 is 1.93 bits per heavy atom. The summed E-state index contributed by atoms with van der Waals surface area (Å²) in [4.78, 5) is 14.7. The molecule has 1 saturated carbocycles. The fraction of sp³-hybridized carbons (Fsp3) is 0.696. The first-order chi connectivity index (χ1) is 13.4. The zero-order valence-corrected chi connectivity index (χ0v) is 19.9. The van der Waals surface area contributed by atoms with Crippen molar-refractivity contribution in [2.24, 2.45) is 11.3 Å². The summed E-state index contributed by atoms with van der Waals surface area (Å²) in [6.07, 6.45) is 2.60. The highest BCUT2D eigenvalue weighted by molar-refractivity contribution is 6.42. The first-order valence-corrected chi connectivity index (χ1v) is 11.2. The lowest BCUT2D eigenvalue weighted by Gasteiger charge is -2.42. The van der Waals surface area contributed by atoms with E-state index < -0.39 is 5.60 Å². The molecule has 0 aromatic heterocycles. The van der Waals surface area contributed by atoms with Crippen LogP contribution < -0.4 is 0 Å². The van der Waals surface area contributed by atoms with Gasteiger partial charge < -0.3 is 14.4 Å². The van der Waals surface area contributed by atoms with Crippen molar-refractivity contribution in [3.05, 3.63) is 33.8 Å². The van der Waals surface area contributed by atoms with Crippen LogP contribution in [-0.2, 0) is 14.9 Å². The highest BCUT2D eigenvalue weighted by atomic mass is 35.5. The van der Waals surface area contributed by atoms with E-state index in [-0.39, 0.29) is 23.0 Å². The Morgan fingerprint density at radius 3 is 2.48 bits per heavy atom. The lowest BCUT2D eigenvalue weighted by molar-refractivity contribution is -0.0282. The Bertz CT molecular complexity index is 776. The van der Waals surface area contributed by atoms with Crippen LogP contribution in [0.2, 0.25) is 10.0 Å². The van der Waals surface area contributed by atoms with Gasteiger partial charge in [0.1, 0.15) is 5.60 Å². The second-order valence-corrected chi connectivity index (χ2v) is 10.9. The van der Waals surface area contributed by atoms with Crippen LogP contribution in [0.4, 0.5) is 4.79 Å². The third kappa shape index (κ3) is 4.26. The van der Waals surface area contributed by atoms with E-state index in [0.717, 1.165) is 19.3 Å². The molecule has 0 spiro atoms. The van der Waals surface area contributed by atoms with Crippen molar-refractivity contribution in [1.29, 1.82) is 0 Å². The number of benzene rings is 1. The van der Waals surface area contributed by atoms with E-state index in [1.165, 1.54) is 5.56 Å². The largest absolute Gasteiger partial charge is 0.444 e. The fourth-order valence-corrected chi connectivity index (χ4v) is 5.39. The molecule has 0 N–H and O–H groups in total. The Labute approximate surface area is 184 Å². The van der Waals surface area contributed by atoms with Crippen molar-refractivity contribution in [2.45, 2.75) is 71.0 Å². The van der Waals surface area contributed by atoms with Crippen LogP contribution in [0.15, 0.2) is 18.2 Å². The van der Waals surface area contributed by atoms with Gasteiger partial charge in [0.15, 0.2) is 0 Å². The van der Waals surface area contributed by atoms with Crippen LogP contribution in [0, 0.1) is 11.3 Å². The van der Waals surface area contributed by atoms with Crippen LogP contribution in [0.1, 0.15) is 59.4 Å². The second kappa shape index (κ2) is 7.94. The van der Waals surface area contributed by atoms with Crippen molar-refractivity contribution in [3.63, 3.8) is 0 Å². The summed E-state index contributed by atoms with van der Waals surface area (Å²) in [5.74, 6) is 0.498. The van der Waals surface area contributed by atoms with E-state index in [2.05, 4.69) is 19.9 Å². The lowest BCUT2D eigenvalue weighted by Crippen LogP contribution is -2.51. The average Bonchev–Trinajstić information content (AvgIpc) is 3.31. The number of carbonyl (C=O) groups excluding carboxylic acids is 1. The molecular weight excluding hydrogens is 409 g/mol. The standard InChI is InChI=1S/C23H33Cl2NO3/c1-15(2)11-19(28-6)23-13-22(23,16-7-8-17(24)18(25)12-16)9-10-26(14-23)20(27)29-21(3,4)5/h7-8,12,15,19H,9-11,13-14H2,1-6H3. The first-order valence-electron chi connectivity index (χ1n) is 10.4. The Morgan fingerprint density at radius 1 is 1.24 bits per heavy atom. The molecule has 3 unspecified atom stereocenters. The monoisotopic (exact) mass is 441 g/mol. The molecule has 2 fully saturated rings. The number of carbonyl (C=O) groups is 1. The molecule has 29 heavy (non-hydrogen) atoms. The van der Waals surface area contributed by atoms with E-state index in [9.17, 15) is 4.79 Å². The number of rotatable bonds is 5. The van der Waals surface area contributed by atoms with Gasteiger partial charge in [0, 0.05) is 31.0 Å². The molecule has 3 rings (SSSR count). The molecule has 4 nitrogen and oxygen atoms in total. The molecule has 1 amide bonds. The van der Waals surface area contributed by atoms with Gasteiger partial charge in [0.25, 0.3) is 0 Å². The van der Waals surface area contributed by atoms with Crippen LogP contribution in [0.5, 0.6) is 0 Å². The predicted octanol–water partition coefficient (Wildman–Crippen LogP) is 6.32. The van der Waals surface area contributed by atoms with E-state index in [4.69, 9.17) is 32.7 Å². The Balaban J connectivity index is 1.95. The third-order valence-electron chi connectivity index (χ3n) is 6.44. The normalized spacial score (nSPS) is 27.6. The van der Waals surface area contributed by atoms with Gasteiger partial charge in [0.2, 0.25) is 0 Å². The highest BCUT2D eigenvalue weighted by Crippen LogP contribution is 2.71. The molecule has 6 heteroatoms. The van der Waals surface area contributed by atoms with Gasteiger partial charge in [-0.2, -0.15) is 0 Å². The number of halogens is 2. The number of hydrogen-bond acceptors (Lipinski definition) is 3. The second-order valence-electron chi connectivity index (χ2n) is 10.0. The van der Waals surface area contributed by atoms with E-state index in [1.807, 2.05) is 37.8 Å². The maximum atomic E-state index is 12.8. The summed E-state index contributed by atoms with van der Waals surface area (Å²) in [5.41, 5.74) is 0.500. The van der Waals surface area contributed by atoms with Crippen LogP contribution >= 0.6 is 23.2 Å². The number of likely N-dealkylation sites (tertiary alicyclic amines) is 1. The van der Waals surface area contributed by atoms with Crippen molar-refractivity contribution in [3.8, 4) is 0 Å². The van der Waals surface area contributed by atoms with Gasteiger partial charge in [-0.15, -0.1) is 0 Å². The molecule has 0 radical (unpaired) electrons. The lowest BCUT2D eigenvalue weighted by atomic mass is 9.75. The summed E-state index contributed by atoms with van der Waals surface area (Å²) in [6.45, 7) is 11.4. The number of fused-ring (bicyclic) bond motifs is 1. The van der Waals surface area contributed by atoms with Crippen LogP contribution in [-0.4, -0.2) is 42.9 Å². The average molecular weight is 442 g/mol. The summed E-state index contributed by atoms with van der Waals surface area (Å²) < 4.78 is 11.7. The fourth-order valence-electron chi connectivity index (χ4n) is 5.09. The predicted molar refractivity (Wildman–Crippen MR) is 118 cm³/mol. The molecule has 0 bridgehead atoms. The zero-order chi connectivity index (χ0) is 21.6. The maximum Gasteiger partial charge on any atom is 0.410 e. The van der Waals surface area contributed by atoms with Crippen LogP contribution in [0.3, 0.4) is 0 Å². The van der Waals surface area contributed by atoms with Crippen molar-refractivity contribution in [1.82, 2.24) is 4.90 Å². The minimum Gasteiger partial charge on any atom is -0.444 e. The van der Waals surface area contributed by atoms with E-state index in [0.29, 0.717) is 29.1 Å². The van der Waals surface area contributed by atoms with Crippen molar-refractivity contribution < 1.29 is 14.3 Å². The SMILES string of the molecule is COC(CC(C)C)C12CN(C(=O)OC(C)(C)C)CCC1(c1ccc(Cl)c(Cl)c1)C2. The zero-order valence-electron chi connectivity index (χ0n) is 18.4. The summed E-state index contributed by atoms with van der Waals surface area (Å²) in [5, 5.41) is 1.14. The maximum absolute atomic E-state index is 12.8. The minimum absolute atomic E-state index is 0.0463. The smallest absolute Gasteiger partial charge is 0.410 e. The minimum atomic E-state index is -0.509. The van der Waals surface area contributed by atoms with Gasteiger partial charge in [0.05, 0.1) is 16.1 Å². The number of methoxy groups -OCH3 is 1. The number of ether oxygens (including phenoxy) is 2. The number of piperidine rings is 1. The summed E-state index contributed by atoms with van der Waals surface area (Å²) in [7, 11) is 1.78. The molecule has 1 heterocycles. The number of nitrogens with zero attached hydrogens (tertiary/aromatic N) is 1. The van der Waals surface area contributed by atoms with Gasteiger partial charge in [-0.05, 0) is 63.6 Å². The molecule has 1 aliphatic heterocycles. The quantitative estimate of drug-likeness (QED) is 0.535.